The van der Waals surface area contributed by atoms with Gasteiger partial charge in [0.1, 0.15) is 5.75 Å². The molecule has 0 aliphatic carbocycles. The van der Waals surface area contributed by atoms with Gasteiger partial charge < -0.3 is 24.0 Å². The summed E-state index contributed by atoms with van der Waals surface area (Å²) in [6.07, 6.45) is 1.60. The molecule has 0 unspecified atom stereocenters. The third-order valence-electron chi connectivity index (χ3n) is 7.38. The highest BCUT2D eigenvalue weighted by atomic mass is 16.5. The lowest BCUT2D eigenvalue weighted by Gasteiger charge is -2.39. The highest BCUT2D eigenvalue weighted by Gasteiger charge is 2.32. The Morgan fingerprint density at radius 1 is 0.944 bits per heavy atom. The zero-order valence-corrected chi connectivity index (χ0v) is 21.4. The average Bonchev–Trinajstić information content (AvgIpc) is 3.43. The fourth-order valence-corrected chi connectivity index (χ4v) is 5.11. The van der Waals surface area contributed by atoms with E-state index in [1.807, 2.05) is 35.2 Å². The van der Waals surface area contributed by atoms with Gasteiger partial charge in [0.2, 0.25) is 11.7 Å². The number of nitrogens with zero attached hydrogens (tertiary/aromatic N) is 5. The molecule has 0 N–H and O–H groups in total. The Bertz CT molecular complexity index is 1160. The van der Waals surface area contributed by atoms with E-state index in [1.54, 1.807) is 7.11 Å². The fraction of sp³-hybridized carbons (Fsp3) is 0.464. The van der Waals surface area contributed by atoms with Gasteiger partial charge in [-0.05, 0) is 36.5 Å². The highest BCUT2D eigenvalue weighted by molar-refractivity contribution is 5.79. The fourth-order valence-electron chi connectivity index (χ4n) is 5.11. The lowest BCUT2D eigenvalue weighted by Crippen LogP contribution is -2.51. The number of carbonyl (C=O) groups excluding carboxylic acids is 1. The second-order valence-electron chi connectivity index (χ2n) is 9.92. The Balaban J connectivity index is 1.13. The maximum absolute atomic E-state index is 13.2. The van der Waals surface area contributed by atoms with Crippen LogP contribution in [-0.4, -0.2) is 67.3 Å². The molecule has 0 radical (unpaired) electrons. The number of para-hydroxylation sites is 2. The number of amides is 1. The van der Waals surface area contributed by atoms with Crippen LogP contribution in [0.4, 0.5) is 11.7 Å². The number of piperidine rings is 1. The van der Waals surface area contributed by atoms with Crippen molar-refractivity contribution >= 4 is 17.6 Å². The van der Waals surface area contributed by atoms with Crippen molar-refractivity contribution in [3.63, 3.8) is 0 Å². The summed E-state index contributed by atoms with van der Waals surface area (Å²) in [5, 5.41) is 4.19. The van der Waals surface area contributed by atoms with E-state index in [-0.39, 0.29) is 11.8 Å². The van der Waals surface area contributed by atoms with Gasteiger partial charge in [0.25, 0.3) is 0 Å². The Kier molecular flexibility index (Phi) is 7.11. The molecular formula is C28H35N5O3. The number of anilines is 2. The first-order chi connectivity index (χ1) is 17.5. The SMILES string of the molecule is COc1ccccc1N1CCN(C(=O)C2CCN(c3nc(-c4ccc(C(C)C)cc4)no3)CC2)CC1. The van der Waals surface area contributed by atoms with E-state index >= 15 is 0 Å². The summed E-state index contributed by atoms with van der Waals surface area (Å²) in [5.41, 5.74) is 3.33. The van der Waals surface area contributed by atoms with Crippen molar-refractivity contribution in [3.8, 4) is 17.1 Å². The Morgan fingerprint density at radius 3 is 2.31 bits per heavy atom. The normalized spacial score (nSPS) is 17.1. The molecule has 5 rings (SSSR count). The third kappa shape index (κ3) is 5.03. The molecule has 8 heteroatoms. The van der Waals surface area contributed by atoms with Crippen molar-refractivity contribution in [2.75, 3.05) is 56.2 Å². The average molecular weight is 490 g/mol. The van der Waals surface area contributed by atoms with E-state index < -0.39 is 0 Å². The van der Waals surface area contributed by atoms with Crippen LogP contribution in [0.3, 0.4) is 0 Å². The van der Waals surface area contributed by atoms with Gasteiger partial charge in [-0.25, -0.2) is 0 Å². The number of piperazine rings is 1. The molecule has 1 amide bonds. The molecule has 2 aromatic carbocycles. The van der Waals surface area contributed by atoms with Gasteiger partial charge in [-0.15, -0.1) is 0 Å². The van der Waals surface area contributed by atoms with Gasteiger partial charge in [-0.3, -0.25) is 4.79 Å². The van der Waals surface area contributed by atoms with Crippen LogP contribution < -0.4 is 14.5 Å². The van der Waals surface area contributed by atoms with Crippen molar-refractivity contribution in [1.82, 2.24) is 15.0 Å². The molecule has 3 aromatic rings. The first-order valence-electron chi connectivity index (χ1n) is 12.9. The summed E-state index contributed by atoms with van der Waals surface area (Å²) in [6.45, 7) is 8.94. The van der Waals surface area contributed by atoms with Crippen molar-refractivity contribution in [3.05, 3.63) is 54.1 Å². The number of hydrogen-bond acceptors (Lipinski definition) is 7. The van der Waals surface area contributed by atoms with E-state index in [1.165, 1.54) is 5.56 Å². The van der Waals surface area contributed by atoms with E-state index in [0.29, 0.717) is 17.8 Å². The maximum Gasteiger partial charge on any atom is 0.324 e. The summed E-state index contributed by atoms with van der Waals surface area (Å²) in [6, 6.07) is 16.9. The predicted molar refractivity (Wildman–Crippen MR) is 141 cm³/mol. The molecule has 8 nitrogen and oxygen atoms in total. The molecule has 2 fully saturated rings. The second-order valence-corrected chi connectivity index (χ2v) is 9.92. The topological polar surface area (TPSA) is 74.9 Å². The molecule has 0 bridgehead atoms. The van der Waals surface area contributed by atoms with Crippen LogP contribution in [0, 0.1) is 5.92 Å². The lowest BCUT2D eigenvalue weighted by molar-refractivity contribution is -0.136. The number of carbonyl (C=O) groups is 1. The van der Waals surface area contributed by atoms with Crippen molar-refractivity contribution < 1.29 is 14.1 Å². The molecule has 2 aliphatic rings. The van der Waals surface area contributed by atoms with Gasteiger partial charge in [0, 0.05) is 50.7 Å². The molecule has 2 saturated heterocycles. The summed E-state index contributed by atoms with van der Waals surface area (Å²) in [5.74, 6) is 2.28. The van der Waals surface area contributed by atoms with Crippen molar-refractivity contribution in [2.45, 2.75) is 32.6 Å². The Hall–Kier alpha value is -3.55. The van der Waals surface area contributed by atoms with Crippen LogP contribution in [0.15, 0.2) is 53.1 Å². The largest absolute Gasteiger partial charge is 0.495 e. The number of ether oxygens (including phenoxy) is 1. The molecule has 0 spiro atoms. The number of hydrogen-bond donors (Lipinski definition) is 0. The van der Waals surface area contributed by atoms with Crippen LogP contribution in [0.2, 0.25) is 0 Å². The monoisotopic (exact) mass is 489 g/mol. The number of methoxy groups -OCH3 is 1. The zero-order chi connectivity index (χ0) is 25.1. The minimum Gasteiger partial charge on any atom is -0.495 e. The summed E-state index contributed by atoms with van der Waals surface area (Å²) in [7, 11) is 1.70. The molecule has 190 valence electrons. The first-order valence-corrected chi connectivity index (χ1v) is 12.9. The summed E-state index contributed by atoms with van der Waals surface area (Å²) < 4.78 is 11.1. The van der Waals surface area contributed by atoms with Gasteiger partial charge in [0.05, 0.1) is 12.8 Å². The van der Waals surface area contributed by atoms with E-state index in [9.17, 15) is 4.79 Å². The zero-order valence-electron chi connectivity index (χ0n) is 21.4. The molecule has 0 atom stereocenters. The third-order valence-corrected chi connectivity index (χ3v) is 7.38. The highest BCUT2D eigenvalue weighted by Crippen LogP contribution is 2.30. The van der Waals surface area contributed by atoms with Crippen LogP contribution in [0.25, 0.3) is 11.4 Å². The molecule has 0 saturated carbocycles. The molecular weight excluding hydrogens is 454 g/mol. The predicted octanol–water partition coefficient (Wildman–Crippen LogP) is 4.43. The summed E-state index contributed by atoms with van der Waals surface area (Å²) in [4.78, 5) is 24.3. The molecule has 1 aromatic heterocycles. The van der Waals surface area contributed by atoms with Gasteiger partial charge in [-0.2, -0.15) is 4.98 Å². The van der Waals surface area contributed by atoms with Crippen LogP contribution in [0.5, 0.6) is 5.75 Å². The number of rotatable bonds is 6. The Morgan fingerprint density at radius 2 is 1.64 bits per heavy atom. The Labute approximate surface area is 212 Å². The maximum atomic E-state index is 13.2. The minimum atomic E-state index is 0.0463. The van der Waals surface area contributed by atoms with Crippen LogP contribution >= 0.6 is 0 Å². The second kappa shape index (κ2) is 10.6. The molecule has 2 aliphatic heterocycles. The van der Waals surface area contributed by atoms with Gasteiger partial charge in [-0.1, -0.05) is 55.4 Å². The summed E-state index contributed by atoms with van der Waals surface area (Å²) >= 11 is 0. The number of aromatic nitrogens is 2. The van der Waals surface area contributed by atoms with Crippen LogP contribution in [0.1, 0.15) is 38.2 Å². The molecule has 3 heterocycles. The smallest absolute Gasteiger partial charge is 0.324 e. The molecule has 36 heavy (non-hydrogen) atoms. The quantitative estimate of drug-likeness (QED) is 0.507. The van der Waals surface area contributed by atoms with Gasteiger partial charge in [0.15, 0.2) is 0 Å². The van der Waals surface area contributed by atoms with E-state index in [2.05, 4.69) is 52.0 Å². The van der Waals surface area contributed by atoms with E-state index in [0.717, 1.165) is 69.1 Å². The van der Waals surface area contributed by atoms with Crippen molar-refractivity contribution in [1.29, 1.82) is 0 Å². The first kappa shape index (κ1) is 24.2. The lowest BCUT2D eigenvalue weighted by atomic mass is 9.95. The van der Waals surface area contributed by atoms with E-state index in [4.69, 9.17) is 9.26 Å². The van der Waals surface area contributed by atoms with Crippen LogP contribution in [-0.2, 0) is 4.79 Å². The van der Waals surface area contributed by atoms with Crippen molar-refractivity contribution in [2.24, 2.45) is 5.92 Å². The standard InChI is InChI=1S/C28H35N5O3/c1-20(2)21-8-10-22(11-9-21)26-29-28(36-30-26)33-14-12-23(13-15-33)27(34)32-18-16-31(17-19-32)24-6-4-5-7-25(24)35-3/h4-11,20,23H,12-19H2,1-3H3. The number of benzene rings is 2. The minimum absolute atomic E-state index is 0.0463. The van der Waals surface area contributed by atoms with Gasteiger partial charge >= 0.3 is 6.01 Å².